The first-order chi connectivity index (χ1) is 8.79. The Hall–Kier alpha value is -2.04. The highest BCUT2D eigenvalue weighted by molar-refractivity contribution is 5.71. The second kappa shape index (κ2) is 4.57. The maximum atomic E-state index is 13.1. The van der Waals surface area contributed by atoms with Gasteiger partial charge in [-0.25, -0.2) is 4.39 Å². The third-order valence-corrected chi connectivity index (χ3v) is 2.79. The van der Waals surface area contributed by atoms with Crippen LogP contribution in [0.5, 0.6) is 5.75 Å². The first-order valence-electron chi connectivity index (χ1n) is 5.46. The topological polar surface area (TPSA) is 20.2 Å². The number of halogens is 4. The van der Waals surface area contributed by atoms with Gasteiger partial charge in [0, 0.05) is 5.56 Å². The Morgan fingerprint density at radius 2 is 1.68 bits per heavy atom. The van der Waals surface area contributed by atoms with Gasteiger partial charge in [-0.2, -0.15) is 13.2 Å². The van der Waals surface area contributed by atoms with Crippen molar-refractivity contribution in [3.8, 4) is 16.9 Å². The lowest BCUT2D eigenvalue weighted by molar-refractivity contribution is -0.137. The van der Waals surface area contributed by atoms with Crippen LogP contribution in [0.2, 0.25) is 0 Å². The van der Waals surface area contributed by atoms with Crippen LogP contribution in [-0.4, -0.2) is 5.11 Å². The van der Waals surface area contributed by atoms with E-state index in [1.54, 1.807) is 6.92 Å². The average Bonchev–Trinajstić information content (AvgIpc) is 2.31. The van der Waals surface area contributed by atoms with Crippen molar-refractivity contribution in [2.24, 2.45) is 0 Å². The minimum atomic E-state index is -4.51. The Morgan fingerprint density at radius 1 is 1.00 bits per heavy atom. The maximum Gasteiger partial charge on any atom is 0.416 e. The van der Waals surface area contributed by atoms with Gasteiger partial charge in [-0.05, 0) is 42.3 Å². The van der Waals surface area contributed by atoms with Crippen molar-refractivity contribution in [3.63, 3.8) is 0 Å². The van der Waals surface area contributed by atoms with Gasteiger partial charge in [0.05, 0.1) is 5.56 Å². The summed E-state index contributed by atoms with van der Waals surface area (Å²) >= 11 is 0. The molecule has 2 rings (SSSR count). The van der Waals surface area contributed by atoms with Gasteiger partial charge in [0.15, 0.2) is 0 Å². The third kappa shape index (κ3) is 2.70. The summed E-state index contributed by atoms with van der Waals surface area (Å²) < 4.78 is 50.5. The molecule has 0 aromatic heterocycles. The van der Waals surface area contributed by atoms with Crippen LogP contribution in [-0.2, 0) is 6.18 Å². The molecule has 0 radical (unpaired) electrons. The molecule has 1 N–H and O–H groups in total. The van der Waals surface area contributed by atoms with Crippen molar-refractivity contribution in [1.29, 1.82) is 0 Å². The molecule has 0 heterocycles. The number of benzene rings is 2. The van der Waals surface area contributed by atoms with Crippen LogP contribution in [0, 0.1) is 12.7 Å². The molecule has 0 spiro atoms. The zero-order valence-electron chi connectivity index (χ0n) is 9.92. The Bertz CT molecular complexity index is 617. The van der Waals surface area contributed by atoms with Gasteiger partial charge in [-0.3, -0.25) is 0 Å². The number of phenols is 1. The molecule has 0 aliphatic heterocycles. The molecule has 0 unspecified atom stereocenters. The van der Waals surface area contributed by atoms with E-state index in [2.05, 4.69) is 0 Å². The van der Waals surface area contributed by atoms with Gasteiger partial charge in [0.1, 0.15) is 11.6 Å². The van der Waals surface area contributed by atoms with Gasteiger partial charge in [-0.15, -0.1) is 0 Å². The largest absolute Gasteiger partial charge is 0.507 e. The minimum Gasteiger partial charge on any atom is -0.507 e. The first kappa shape index (κ1) is 13.4. The van der Waals surface area contributed by atoms with E-state index in [9.17, 15) is 22.7 Å². The predicted octanol–water partition coefficient (Wildman–Crippen LogP) is 4.53. The molecule has 0 amide bonds. The van der Waals surface area contributed by atoms with Gasteiger partial charge in [0.25, 0.3) is 0 Å². The molecule has 0 saturated heterocycles. The lowest BCUT2D eigenvalue weighted by atomic mass is 10.0. The van der Waals surface area contributed by atoms with Crippen molar-refractivity contribution < 1.29 is 22.7 Å². The summed E-state index contributed by atoms with van der Waals surface area (Å²) in [5.41, 5.74) is 0.130. The second-order valence-electron chi connectivity index (χ2n) is 4.19. The molecule has 0 saturated carbocycles. The van der Waals surface area contributed by atoms with Crippen LogP contribution in [0.4, 0.5) is 17.6 Å². The smallest absolute Gasteiger partial charge is 0.416 e. The number of alkyl halides is 3. The zero-order chi connectivity index (χ0) is 14.2. The molecule has 0 bridgehead atoms. The molecular weight excluding hydrogens is 260 g/mol. The Labute approximate surface area is 107 Å². The van der Waals surface area contributed by atoms with E-state index in [4.69, 9.17) is 0 Å². The molecule has 0 fully saturated rings. The van der Waals surface area contributed by atoms with E-state index in [0.717, 1.165) is 6.07 Å². The normalized spacial score (nSPS) is 11.6. The van der Waals surface area contributed by atoms with Crippen LogP contribution in [0.15, 0.2) is 36.4 Å². The summed E-state index contributed by atoms with van der Waals surface area (Å²) in [7, 11) is 0. The van der Waals surface area contributed by atoms with Gasteiger partial charge < -0.3 is 5.11 Å². The monoisotopic (exact) mass is 270 g/mol. The second-order valence-corrected chi connectivity index (χ2v) is 4.19. The molecular formula is C14H10F4O. The number of aromatic hydroxyl groups is 1. The average molecular weight is 270 g/mol. The Balaban J connectivity index is 2.49. The molecule has 2 aromatic rings. The highest BCUT2D eigenvalue weighted by Crippen LogP contribution is 2.36. The van der Waals surface area contributed by atoms with Crippen molar-refractivity contribution in [3.05, 3.63) is 53.3 Å². The van der Waals surface area contributed by atoms with E-state index >= 15 is 0 Å². The summed E-state index contributed by atoms with van der Waals surface area (Å²) in [5, 5.41) is 9.67. The van der Waals surface area contributed by atoms with Crippen LogP contribution >= 0.6 is 0 Å². The number of hydrogen-bond donors (Lipinski definition) is 1. The molecule has 0 atom stereocenters. The molecule has 2 aromatic carbocycles. The zero-order valence-corrected chi connectivity index (χ0v) is 9.92. The standard InChI is InChI=1S/C14H10F4O/c1-8-6-9(2-5-12(8)15)11-4-3-10(7-13(11)19)14(16,17)18/h2-7,19H,1H3. The Kier molecular flexibility index (Phi) is 3.22. The SMILES string of the molecule is Cc1cc(-c2ccc(C(F)(F)F)cc2O)ccc1F. The molecule has 5 heteroatoms. The lowest BCUT2D eigenvalue weighted by Gasteiger charge is -2.10. The van der Waals surface area contributed by atoms with Gasteiger partial charge in [-0.1, -0.05) is 12.1 Å². The molecule has 100 valence electrons. The number of hydrogen-bond acceptors (Lipinski definition) is 1. The summed E-state index contributed by atoms with van der Waals surface area (Å²) in [4.78, 5) is 0. The number of aryl methyl sites for hydroxylation is 1. The number of phenolic OH excluding ortho intramolecular Hbond substituents is 1. The van der Waals surface area contributed by atoms with Crippen molar-refractivity contribution in [2.75, 3.05) is 0 Å². The van der Waals surface area contributed by atoms with E-state index in [1.165, 1.54) is 24.3 Å². The highest BCUT2D eigenvalue weighted by atomic mass is 19.4. The lowest BCUT2D eigenvalue weighted by Crippen LogP contribution is -2.04. The van der Waals surface area contributed by atoms with E-state index < -0.39 is 23.3 Å². The van der Waals surface area contributed by atoms with E-state index in [0.29, 0.717) is 17.2 Å². The third-order valence-electron chi connectivity index (χ3n) is 2.79. The van der Waals surface area contributed by atoms with Crippen molar-refractivity contribution >= 4 is 0 Å². The summed E-state index contributed by atoms with van der Waals surface area (Å²) in [6.07, 6.45) is -4.51. The fourth-order valence-corrected chi connectivity index (χ4v) is 1.76. The van der Waals surface area contributed by atoms with E-state index in [-0.39, 0.29) is 5.56 Å². The number of rotatable bonds is 1. The molecule has 0 aliphatic carbocycles. The highest BCUT2D eigenvalue weighted by Gasteiger charge is 2.31. The van der Waals surface area contributed by atoms with Gasteiger partial charge >= 0.3 is 6.18 Å². The fraction of sp³-hybridized carbons (Fsp3) is 0.143. The van der Waals surface area contributed by atoms with Crippen LogP contribution in [0.3, 0.4) is 0 Å². The maximum absolute atomic E-state index is 13.1. The summed E-state index contributed by atoms with van der Waals surface area (Å²) in [5.74, 6) is -0.893. The Morgan fingerprint density at radius 3 is 2.21 bits per heavy atom. The summed E-state index contributed by atoms with van der Waals surface area (Å²) in [6, 6.07) is 6.80. The quantitative estimate of drug-likeness (QED) is 0.755. The van der Waals surface area contributed by atoms with Gasteiger partial charge in [0.2, 0.25) is 0 Å². The summed E-state index contributed by atoms with van der Waals surface area (Å²) in [6.45, 7) is 1.54. The van der Waals surface area contributed by atoms with Crippen molar-refractivity contribution in [1.82, 2.24) is 0 Å². The van der Waals surface area contributed by atoms with Crippen molar-refractivity contribution in [2.45, 2.75) is 13.1 Å². The van der Waals surface area contributed by atoms with Crippen LogP contribution < -0.4 is 0 Å². The van der Waals surface area contributed by atoms with Crippen LogP contribution in [0.25, 0.3) is 11.1 Å². The first-order valence-corrected chi connectivity index (χ1v) is 5.46. The molecule has 1 nitrogen and oxygen atoms in total. The molecule has 0 aliphatic rings. The van der Waals surface area contributed by atoms with Crippen LogP contribution in [0.1, 0.15) is 11.1 Å². The minimum absolute atomic E-state index is 0.233. The van der Waals surface area contributed by atoms with E-state index in [1.807, 2.05) is 0 Å². The fourth-order valence-electron chi connectivity index (χ4n) is 1.76. The molecule has 19 heavy (non-hydrogen) atoms. The predicted molar refractivity (Wildman–Crippen MR) is 63.2 cm³/mol.